The van der Waals surface area contributed by atoms with Crippen molar-refractivity contribution in [3.63, 3.8) is 0 Å². The molecule has 1 aromatic carbocycles. The third kappa shape index (κ3) is 1.36. The molecular weight excluding hydrogens is 226 g/mol. The third-order valence-electron chi connectivity index (χ3n) is 2.86. The minimum Gasteiger partial charge on any atom is -0.379 e. The zero-order valence-corrected chi connectivity index (χ0v) is 9.33. The number of nitrogens with one attached hydrogen (secondary N) is 1. The van der Waals surface area contributed by atoms with Crippen molar-refractivity contribution >= 4 is 20.7 Å². The van der Waals surface area contributed by atoms with Gasteiger partial charge in [-0.2, -0.15) is 0 Å². The van der Waals surface area contributed by atoms with Gasteiger partial charge in [0, 0.05) is 10.9 Å². The van der Waals surface area contributed by atoms with Crippen LogP contribution in [0, 0.1) is 0 Å². The number of para-hydroxylation sites is 1. The molecule has 2 aromatic rings. The Morgan fingerprint density at radius 1 is 1.25 bits per heavy atom. The fraction of sp³-hybridized carbons (Fsp3) is 0.273. The first-order valence-electron chi connectivity index (χ1n) is 5.07. The summed E-state index contributed by atoms with van der Waals surface area (Å²) in [5, 5.41) is 0.823. The second kappa shape index (κ2) is 3.33. The SMILES string of the molecule is O=S(=O)(c1cc2ccccc2[nH]1)C1COC1. The largest absolute Gasteiger partial charge is 0.379 e. The van der Waals surface area contributed by atoms with Crippen LogP contribution in [0.5, 0.6) is 0 Å². The van der Waals surface area contributed by atoms with Crippen molar-refractivity contribution in [3.8, 4) is 0 Å². The van der Waals surface area contributed by atoms with Gasteiger partial charge >= 0.3 is 0 Å². The summed E-state index contributed by atoms with van der Waals surface area (Å²) in [5.41, 5.74) is 0.848. The average molecular weight is 237 g/mol. The molecule has 0 aliphatic carbocycles. The standard InChI is InChI=1S/C11H11NO3S/c13-16(14,9-6-15-7-9)11-5-8-3-1-2-4-10(8)12-11/h1-5,9,12H,6-7H2. The maximum atomic E-state index is 12.1. The summed E-state index contributed by atoms with van der Waals surface area (Å²) in [4.78, 5) is 2.94. The van der Waals surface area contributed by atoms with Crippen molar-refractivity contribution in [2.75, 3.05) is 13.2 Å². The first-order valence-corrected chi connectivity index (χ1v) is 6.62. The molecule has 4 nitrogen and oxygen atoms in total. The van der Waals surface area contributed by atoms with Crippen LogP contribution in [0.2, 0.25) is 0 Å². The van der Waals surface area contributed by atoms with Crippen molar-refractivity contribution in [1.82, 2.24) is 4.98 Å². The van der Waals surface area contributed by atoms with E-state index in [9.17, 15) is 8.42 Å². The highest BCUT2D eigenvalue weighted by molar-refractivity contribution is 7.92. The fourth-order valence-corrected chi connectivity index (χ4v) is 3.23. The molecule has 1 aromatic heterocycles. The van der Waals surface area contributed by atoms with Gasteiger partial charge in [-0.25, -0.2) is 8.42 Å². The molecule has 5 heteroatoms. The van der Waals surface area contributed by atoms with Crippen LogP contribution in [-0.2, 0) is 14.6 Å². The second-order valence-electron chi connectivity index (χ2n) is 3.93. The lowest BCUT2D eigenvalue weighted by atomic mass is 10.3. The second-order valence-corrected chi connectivity index (χ2v) is 6.12. The molecule has 1 N–H and O–H groups in total. The number of H-pyrrole nitrogens is 1. The highest BCUT2D eigenvalue weighted by Crippen LogP contribution is 2.24. The lowest BCUT2D eigenvalue weighted by Gasteiger charge is -2.24. The maximum Gasteiger partial charge on any atom is 0.201 e. The van der Waals surface area contributed by atoms with Crippen LogP contribution in [0.4, 0.5) is 0 Å². The average Bonchev–Trinajstić information content (AvgIpc) is 2.57. The van der Waals surface area contributed by atoms with E-state index in [0.717, 1.165) is 10.9 Å². The van der Waals surface area contributed by atoms with Crippen LogP contribution in [0.3, 0.4) is 0 Å². The molecule has 0 radical (unpaired) electrons. The minimum absolute atomic E-state index is 0.294. The van der Waals surface area contributed by atoms with E-state index in [-0.39, 0.29) is 5.25 Å². The molecule has 0 unspecified atom stereocenters. The zero-order chi connectivity index (χ0) is 11.2. The van der Waals surface area contributed by atoms with E-state index >= 15 is 0 Å². The lowest BCUT2D eigenvalue weighted by Crippen LogP contribution is -2.40. The van der Waals surface area contributed by atoms with Crippen molar-refractivity contribution < 1.29 is 13.2 Å². The summed E-state index contributed by atoms with van der Waals surface area (Å²) >= 11 is 0. The van der Waals surface area contributed by atoms with Crippen molar-refractivity contribution in [2.24, 2.45) is 0 Å². The van der Waals surface area contributed by atoms with Crippen LogP contribution < -0.4 is 0 Å². The summed E-state index contributed by atoms with van der Waals surface area (Å²) in [5.74, 6) is 0. The highest BCUT2D eigenvalue weighted by atomic mass is 32.2. The molecule has 0 atom stereocenters. The molecule has 0 saturated carbocycles. The number of hydrogen-bond acceptors (Lipinski definition) is 3. The molecule has 0 spiro atoms. The number of sulfone groups is 1. The predicted octanol–water partition coefficient (Wildman–Crippen LogP) is 1.34. The number of aromatic amines is 1. The Balaban J connectivity index is 2.12. The van der Waals surface area contributed by atoms with Gasteiger partial charge in [0.15, 0.2) is 0 Å². The van der Waals surface area contributed by atoms with Gasteiger partial charge in [-0.1, -0.05) is 18.2 Å². The minimum atomic E-state index is -3.24. The molecule has 84 valence electrons. The summed E-state index contributed by atoms with van der Waals surface area (Å²) in [6, 6.07) is 9.21. The maximum absolute atomic E-state index is 12.1. The van der Waals surface area contributed by atoms with Crippen molar-refractivity contribution in [2.45, 2.75) is 10.3 Å². The molecule has 3 rings (SSSR count). The van der Waals surface area contributed by atoms with Gasteiger partial charge in [-0.05, 0) is 12.1 Å². The van der Waals surface area contributed by atoms with Gasteiger partial charge in [0.05, 0.1) is 13.2 Å². The molecule has 0 bridgehead atoms. The fourth-order valence-electron chi connectivity index (χ4n) is 1.77. The smallest absolute Gasteiger partial charge is 0.201 e. The van der Waals surface area contributed by atoms with Gasteiger partial charge < -0.3 is 9.72 Å². The monoisotopic (exact) mass is 237 g/mol. The van der Waals surface area contributed by atoms with Crippen LogP contribution >= 0.6 is 0 Å². The molecule has 1 saturated heterocycles. The number of benzene rings is 1. The Morgan fingerprint density at radius 3 is 2.62 bits per heavy atom. The Morgan fingerprint density at radius 2 is 2.00 bits per heavy atom. The summed E-state index contributed by atoms with van der Waals surface area (Å²) in [7, 11) is -3.24. The molecule has 0 amide bonds. The summed E-state index contributed by atoms with van der Waals surface area (Å²) in [6.45, 7) is 0.607. The van der Waals surface area contributed by atoms with Crippen LogP contribution in [0.1, 0.15) is 0 Å². The van der Waals surface area contributed by atoms with E-state index in [1.54, 1.807) is 6.07 Å². The molecular formula is C11H11NO3S. The molecule has 16 heavy (non-hydrogen) atoms. The van der Waals surface area contributed by atoms with Crippen molar-refractivity contribution in [3.05, 3.63) is 30.3 Å². The number of fused-ring (bicyclic) bond motifs is 1. The lowest BCUT2D eigenvalue weighted by molar-refractivity contribution is 0.0415. The Kier molecular flexibility index (Phi) is 2.05. The van der Waals surface area contributed by atoms with E-state index in [1.807, 2.05) is 24.3 Å². The number of aromatic nitrogens is 1. The number of hydrogen-bond donors (Lipinski definition) is 1. The van der Waals surface area contributed by atoms with E-state index in [0.29, 0.717) is 18.2 Å². The van der Waals surface area contributed by atoms with Gasteiger partial charge in [0.25, 0.3) is 0 Å². The number of rotatable bonds is 2. The van der Waals surface area contributed by atoms with Gasteiger partial charge in [-0.3, -0.25) is 0 Å². The normalized spacial score (nSPS) is 17.5. The Bertz CT molecular complexity index is 592. The first-order chi connectivity index (χ1) is 7.68. The Labute approximate surface area is 93.2 Å². The molecule has 1 fully saturated rings. The van der Waals surface area contributed by atoms with Gasteiger partial charge in [0.1, 0.15) is 10.3 Å². The van der Waals surface area contributed by atoms with Crippen molar-refractivity contribution in [1.29, 1.82) is 0 Å². The quantitative estimate of drug-likeness (QED) is 0.857. The number of ether oxygens (including phenoxy) is 1. The Hall–Kier alpha value is -1.33. The molecule has 1 aliphatic rings. The van der Waals surface area contributed by atoms with E-state index in [4.69, 9.17) is 4.74 Å². The van der Waals surface area contributed by atoms with E-state index in [1.165, 1.54) is 0 Å². The van der Waals surface area contributed by atoms with Gasteiger partial charge in [-0.15, -0.1) is 0 Å². The van der Waals surface area contributed by atoms with E-state index < -0.39 is 9.84 Å². The third-order valence-corrected chi connectivity index (χ3v) is 4.84. The van der Waals surface area contributed by atoms with Crippen LogP contribution in [0.25, 0.3) is 10.9 Å². The molecule has 2 heterocycles. The van der Waals surface area contributed by atoms with Crippen LogP contribution in [0.15, 0.2) is 35.4 Å². The predicted molar refractivity (Wildman–Crippen MR) is 60.1 cm³/mol. The topological polar surface area (TPSA) is 59.2 Å². The summed E-state index contributed by atoms with van der Waals surface area (Å²) in [6.07, 6.45) is 0. The zero-order valence-electron chi connectivity index (χ0n) is 8.51. The van der Waals surface area contributed by atoms with E-state index in [2.05, 4.69) is 4.98 Å². The first kappa shape index (κ1) is 9.86. The highest BCUT2D eigenvalue weighted by Gasteiger charge is 2.34. The van der Waals surface area contributed by atoms with Gasteiger partial charge in [0.2, 0.25) is 9.84 Å². The molecule has 1 aliphatic heterocycles. The van der Waals surface area contributed by atoms with Crippen LogP contribution in [-0.4, -0.2) is 31.9 Å². The summed E-state index contributed by atoms with van der Waals surface area (Å²) < 4.78 is 29.1.